The molecule has 4 heteroatoms. The van der Waals surface area contributed by atoms with Crippen LogP contribution in [0.25, 0.3) is 0 Å². The first kappa shape index (κ1) is 10.1. The molecule has 0 N–H and O–H groups in total. The average molecular weight is 196 g/mol. The molecule has 0 saturated heterocycles. The van der Waals surface area contributed by atoms with Crippen molar-refractivity contribution in [2.24, 2.45) is 0 Å². The maximum atomic E-state index is 8.40. The first-order valence-corrected chi connectivity index (χ1v) is 5.51. The third-order valence-corrected chi connectivity index (χ3v) is 2.56. The van der Waals surface area contributed by atoms with Gasteiger partial charge in [0.2, 0.25) is 6.33 Å². The lowest BCUT2D eigenvalue weighted by Crippen LogP contribution is -2.29. The molecule has 1 rings (SSSR count). The molecule has 0 amide bonds. The number of rotatable bonds is 5. The minimum absolute atomic E-state index is 0.579. The van der Waals surface area contributed by atoms with Crippen LogP contribution in [0.1, 0.15) is 13.3 Å². The van der Waals surface area contributed by atoms with E-state index in [1.165, 1.54) is 0 Å². The highest BCUT2D eigenvalue weighted by Gasteiger charge is 2.01. The summed E-state index contributed by atoms with van der Waals surface area (Å²) in [4.78, 5) is 0. The quantitative estimate of drug-likeness (QED) is 0.667. The first-order chi connectivity index (χ1) is 6.36. The molecule has 70 valence electrons. The fraction of sp³-hybridized carbons (Fsp3) is 0.556. The number of thioether (sulfide) groups is 1. The summed E-state index contributed by atoms with van der Waals surface area (Å²) in [5.41, 5.74) is 0. The van der Waals surface area contributed by atoms with Crippen molar-refractivity contribution in [3.8, 4) is 6.07 Å². The topological polar surface area (TPSA) is 32.6 Å². The lowest BCUT2D eigenvalue weighted by atomic mass is 10.5. The van der Waals surface area contributed by atoms with E-state index in [-0.39, 0.29) is 0 Å². The van der Waals surface area contributed by atoms with E-state index in [1.54, 1.807) is 0 Å². The highest BCUT2D eigenvalue weighted by molar-refractivity contribution is 7.98. The summed E-state index contributed by atoms with van der Waals surface area (Å²) in [5, 5.41) is 8.40. The van der Waals surface area contributed by atoms with Gasteiger partial charge in [0.1, 0.15) is 24.8 Å². The first-order valence-electron chi connectivity index (χ1n) is 4.36. The number of aromatic nitrogens is 2. The molecule has 0 atom stereocenters. The van der Waals surface area contributed by atoms with E-state index < -0.39 is 0 Å². The van der Waals surface area contributed by atoms with Gasteiger partial charge in [0, 0.05) is 0 Å². The molecule has 0 spiro atoms. The number of nitriles is 1. The van der Waals surface area contributed by atoms with Crippen molar-refractivity contribution in [2.75, 3.05) is 5.75 Å². The molecular formula is C9H14N3S+. The molecule has 13 heavy (non-hydrogen) atoms. The SMILES string of the molecule is CCSC[n+]1ccn(CCC#N)c1. The molecule has 0 saturated carbocycles. The van der Waals surface area contributed by atoms with Gasteiger partial charge in [-0.2, -0.15) is 5.26 Å². The normalized spacial score (nSPS) is 9.85. The smallest absolute Gasteiger partial charge is 0.236 e. The van der Waals surface area contributed by atoms with Gasteiger partial charge in [-0.25, -0.2) is 9.13 Å². The van der Waals surface area contributed by atoms with Crippen LogP contribution >= 0.6 is 11.8 Å². The van der Waals surface area contributed by atoms with E-state index in [9.17, 15) is 0 Å². The Morgan fingerprint density at radius 1 is 1.62 bits per heavy atom. The standard InChI is InChI=1S/C9H14N3S/c1-2-13-9-12-7-6-11(8-12)5-3-4-10/h6-8H,2-3,5,9H2,1H3/q+1. The molecule has 0 radical (unpaired) electrons. The van der Waals surface area contributed by atoms with Gasteiger partial charge in [-0.1, -0.05) is 6.92 Å². The lowest BCUT2D eigenvalue weighted by molar-refractivity contribution is -0.675. The Morgan fingerprint density at radius 3 is 3.15 bits per heavy atom. The summed E-state index contributed by atoms with van der Waals surface area (Å²) in [6.07, 6.45) is 6.67. The van der Waals surface area contributed by atoms with E-state index in [4.69, 9.17) is 5.26 Å². The van der Waals surface area contributed by atoms with Crippen molar-refractivity contribution >= 4 is 11.8 Å². The van der Waals surface area contributed by atoms with Gasteiger partial charge in [0.25, 0.3) is 0 Å². The maximum Gasteiger partial charge on any atom is 0.244 e. The van der Waals surface area contributed by atoms with Crippen molar-refractivity contribution in [3.63, 3.8) is 0 Å². The Bertz CT molecular complexity index is 287. The summed E-state index contributed by atoms with van der Waals surface area (Å²) < 4.78 is 4.17. The molecule has 0 fully saturated rings. The zero-order valence-corrected chi connectivity index (χ0v) is 8.63. The van der Waals surface area contributed by atoms with E-state index in [2.05, 4.69) is 17.6 Å². The van der Waals surface area contributed by atoms with Gasteiger partial charge in [0.05, 0.1) is 12.5 Å². The molecule has 0 aliphatic carbocycles. The molecule has 1 aromatic heterocycles. The van der Waals surface area contributed by atoms with Crippen molar-refractivity contribution in [2.45, 2.75) is 25.8 Å². The Hall–Kier alpha value is -0.950. The summed E-state index contributed by atoms with van der Waals surface area (Å²) in [6.45, 7) is 2.94. The molecule has 0 unspecified atom stereocenters. The van der Waals surface area contributed by atoms with E-state index >= 15 is 0 Å². The van der Waals surface area contributed by atoms with Crippen LogP contribution in [0.5, 0.6) is 0 Å². The van der Waals surface area contributed by atoms with Gasteiger partial charge >= 0.3 is 0 Å². The Balaban J connectivity index is 2.40. The summed E-state index contributed by atoms with van der Waals surface area (Å²) in [7, 11) is 0. The van der Waals surface area contributed by atoms with Crippen molar-refractivity contribution < 1.29 is 4.57 Å². The number of imidazole rings is 1. The van der Waals surface area contributed by atoms with Crippen LogP contribution in [0.15, 0.2) is 18.7 Å². The van der Waals surface area contributed by atoms with E-state index in [0.29, 0.717) is 6.42 Å². The fourth-order valence-electron chi connectivity index (χ4n) is 1.02. The minimum Gasteiger partial charge on any atom is -0.236 e. The van der Waals surface area contributed by atoms with Crippen LogP contribution < -0.4 is 4.57 Å². The third-order valence-electron chi connectivity index (χ3n) is 1.67. The largest absolute Gasteiger partial charge is 0.244 e. The predicted molar refractivity (Wildman–Crippen MR) is 53.0 cm³/mol. The molecule has 1 aromatic rings. The Labute approximate surface area is 83.0 Å². The number of nitrogens with zero attached hydrogens (tertiary/aromatic N) is 3. The summed E-state index contributed by atoms with van der Waals surface area (Å²) in [6, 6.07) is 2.13. The molecule has 0 aliphatic heterocycles. The fourth-order valence-corrected chi connectivity index (χ4v) is 1.57. The monoisotopic (exact) mass is 196 g/mol. The van der Waals surface area contributed by atoms with Gasteiger partial charge in [-0.3, -0.25) is 0 Å². The van der Waals surface area contributed by atoms with Crippen molar-refractivity contribution in [1.29, 1.82) is 5.26 Å². The molecule has 3 nitrogen and oxygen atoms in total. The van der Waals surface area contributed by atoms with E-state index in [1.807, 2.05) is 35.0 Å². The number of hydrogen-bond acceptors (Lipinski definition) is 2. The van der Waals surface area contributed by atoms with Crippen LogP contribution in [0, 0.1) is 11.3 Å². The summed E-state index contributed by atoms with van der Waals surface area (Å²) in [5.74, 6) is 2.13. The third kappa shape index (κ3) is 3.51. The second-order valence-corrected chi connectivity index (χ2v) is 3.94. The second kappa shape index (κ2) is 5.65. The maximum absolute atomic E-state index is 8.40. The zero-order valence-electron chi connectivity index (χ0n) is 7.81. The van der Waals surface area contributed by atoms with Crippen LogP contribution in [0.3, 0.4) is 0 Å². The van der Waals surface area contributed by atoms with Gasteiger partial charge in [0.15, 0.2) is 0 Å². The Kier molecular flexibility index (Phi) is 4.41. The highest BCUT2D eigenvalue weighted by Crippen LogP contribution is 1.97. The van der Waals surface area contributed by atoms with Gasteiger partial charge in [-0.05, 0) is 5.75 Å². The summed E-state index contributed by atoms with van der Waals surface area (Å²) >= 11 is 1.88. The van der Waals surface area contributed by atoms with Crippen molar-refractivity contribution in [3.05, 3.63) is 18.7 Å². The molecule has 1 heterocycles. The molecule has 0 aliphatic rings. The van der Waals surface area contributed by atoms with E-state index in [0.717, 1.165) is 18.2 Å². The molecular weight excluding hydrogens is 182 g/mol. The Morgan fingerprint density at radius 2 is 2.46 bits per heavy atom. The predicted octanol–water partition coefficient (Wildman–Crippen LogP) is 1.40. The average Bonchev–Trinajstić information content (AvgIpc) is 2.59. The minimum atomic E-state index is 0.579. The van der Waals surface area contributed by atoms with Gasteiger partial charge in [-0.15, -0.1) is 11.8 Å². The second-order valence-electron chi connectivity index (χ2n) is 2.70. The van der Waals surface area contributed by atoms with Crippen LogP contribution in [-0.4, -0.2) is 10.3 Å². The molecule has 0 aromatic carbocycles. The van der Waals surface area contributed by atoms with Crippen LogP contribution in [-0.2, 0) is 12.4 Å². The van der Waals surface area contributed by atoms with Crippen LogP contribution in [0.4, 0.5) is 0 Å². The lowest BCUT2D eigenvalue weighted by Gasteiger charge is -1.92. The number of aryl methyl sites for hydroxylation is 1. The van der Waals surface area contributed by atoms with Gasteiger partial charge < -0.3 is 0 Å². The van der Waals surface area contributed by atoms with Crippen molar-refractivity contribution in [1.82, 2.24) is 4.57 Å². The highest BCUT2D eigenvalue weighted by atomic mass is 32.2. The molecule has 0 bridgehead atoms. The zero-order chi connectivity index (χ0) is 9.52. The number of hydrogen-bond donors (Lipinski definition) is 0. The van der Waals surface area contributed by atoms with Crippen LogP contribution in [0.2, 0.25) is 0 Å².